The number of benzene rings is 3. The molecular weight excluding hydrogens is 419 g/mol. The number of carbonyl (C=O) groups excluding carboxylic acids is 1. The topological polar surface area (TPSA) is 59.8 Å². The van der Waals surface area contributed by atoms with Crippen molar-refractivity contribution in [2.75, 3.05) is 0 Å². The summed E-state index contributed by atoms with van der Waals surface area (Å²) in [6.45, 7) is 2.29. The number of rotatable bonds is 5. The first-order valence-corrected chi connectivity index (χ1v) is 10.1. The minimum absolute atomic E-state index is 0.0789. The molecular formula is C23H18Cl2N4O. The quantitative estimate of drug-likeness (QED) is 0.450. The van der Waals surface area contributed by atoms with Gasteiger partial charge in [-0.2, -0.15) is 0 Å². The van der Waals surface area contributed by atoms with Crippen LogP contribution in [0, 0.1) is 6.92 Å². The fourth-order valence-electron chi connectivity index (χ4n) is 3.04. The number of aromatic nitrogens is 3. The molecule has 0 aliphatic rings. The maximum absolute atomic E-state index is 12.8. The molecule has 30 heavy (non-hydrogen) atoms. The Morgan fingerprint density at radius 3 is 2.43 bits per heavy atom. The van der Waals surface area contributed by atoms with Gasteiger partial charge in [-0.3, -0.25) is 4.79 Å². The van der Waals surface area contributed by atoms with Crippen LogP contribution in [-0.4, -0.2) is 20.7 Å². The van der Waals surface area contributed by atoms with Crippen LogP contribution in [0.25, 0.3) is 17.1 Å². The molecule has 0 radical (unpaired) electrons. The fraction of sp³-hybridized carbons (Fsp3) is 0.0870. The molecule has 0 spiro atoms. The van der Waals surface area contributed by atoms with Crippen LogP contribution < -0.4 is 5.32 Å². The van der Waals surface area contributed by atoms with Gasteiger partial charge in [0.05, 0.1) is 5.69 Å². The molecule has 0 fully saturated rings. The molecule has 1 N–H and O–H groups in total. The first-order valence-electron chi connectivity index (χ1n) is 9.33. The van der Waals surface area contributed by atoms with Crippen molar-refractivity contribution in [2.24, 2.45) is 0 Å². The van der Waals surface area contributed by atoms with Gasteiger partial charge in [-0.15, -0.1) is 5.10 Å². The second-order valence-electron chi connectivity index (χ2n) is 6.73. The van der Waals surface area contributed by atoms with Crippen molar-refractivity contribution in [3.05, 3.63) is 99.8 Å². The summed E-state index contributed by atoms with van der Waals surface area (Å²) >= 11 is 12.3. The molecule has 0 aliphatic heterocycles. The van der Waals surface area contributed by atoms with Gasteiger partial charge >= 0.3 is 0 Å². The molecule has 0 aliphatic carbocycles. The van der Waals surface area contributed by atoms with Crippen LogP contribution in [0.4, 0.5) is 0 Å². The van der Waals surface area contributed by atoms with Crippen LogP contribution in [0.3, 0.4) is 0 Å². The zero-order valence-corrected chi connectivity index (χ0v) is 17.7. The number of nitrogens with one attached hydrogen (secondary N) is 1. The van der Waals surface area contributed by atoms with Gasteiger partial charge < -0.3 is 5.32 Å². The van der Waals surface area contributed by atoms with E-state index in [9.17, 15) is 4.79 Å². The van der Waals surface area contributed by atoms with E-state index in [0.29, 0.717) is 22.4 Å². The summed E-state index contributed by atoms with van der Waals surface area (Å²) in [7, 11) is 0. The zero-order valence-electron chi connectivity index (χ0n) is 16.1. The number of halogens is 2. The van der Waals surface area contributed by atoms with Gasteiger partial charge in [-0.25, -0.2) is 9.67 Å². The van der Waals surface area contributed by atoms with E-state index >= 15 is 0 Å². The van der Waals surface area contributed by atoms with Crippen LogP contribution in [0.15, 0.2) is 72.8 Å². The van der Waals surface area contributed by atoms with Crippen molar-refractivity contribution >= 4 is 29.1 Å². The van der Waals surface area contributed by atoms with Crippen LogP contribution in [0.5, 0.6) is 0 Å². The number of amides is 1. The Hall–Kier alpha value is -3.15. The van der Waals surface area contributed by atoms with Gasteiger partial charge in [0.1, 0.15) is 0 Å². The van der Waals surface area contributed by atoms with Crippen molar-refractivity contribution in [3.8, 4) is 17.1 Å². The predicted molar refractivity (Wildman–Crippen MR) is 119 cm³/mol. The summed E-state index contributed by atoms with van der Waals surface area (Å²) in [4.78, 5) is 17.3. The van der Waals surface area contributed by atoms with Crippen molar-refractivity contribution in [1.29, 1.82) is 0 Å². The molecule has 4 aromatic rings. The first kappa shape index (κ1) is 20.1. The summed E-state index contributed by atoms with van der Waals surface area (Å²) in [6.07, 6.45) is 0. The Morgan fingerprint density at radius 1 is 0.967 bits per heavy atom. The molecule has 5 nitrogen and oxygen atoms in total. The average Bonchev–Trinajstić information content (AvgIpc) is 3.20. The molecule has 4 rings (SSSR count). The van der Waals surface area contributed by atoms with Crippen molar-refractivity contribution in [3.63, 3.8) is 0 Å². The molecule has 0 bridgehead atoms. The first-order chi connectivity index (χ1) is 14.5. The molecule has 0 saturated heterocycles. The highest BCUT2D eigenvalue weighted by molar-refractivity contribution is 6.31. The van der Waals surface area contributed by atoms with E-state index in [1.54, 1.807) is 16.8 Å². The molecule has 7 heteroatoms. The third kappa shape index (κ3) is 4.22. The van der Waals surface area contributed by atoms with E-state index in [2.05, 4.69) is 15.4 Å². The lowest BCUT2D eigenvalue weighted by Gasteiger charge is -2.10. The molecule has 0 atom stereocenters. The van der Waals surface area contributed by atoms with Gasteiger partial charge in [0, 0.05) is 22.2 Å². The summed E-state index contributed by atoms with van der Waals surface area (Å²) in [5.41, 5.74) is 3.37. The Balaban J connectivity index is 1.73. The van der Waals surface area contributed by atoms with Gasteiger partial charge in [0.15, 0.2) is 5.82 Å². The molecule has 0 unspecified atom stereocenters. The Bertz CT molecular complexity index is 1190. The second-order valence-corrected chi connectivity index (χ2v) is 7.57. The molecule has 1 aromatic heterocycles. The summed E-state index contributed by atoms with van der Waals surface area (Å²) in [5, 5.41) is 8.59. The smallest absolute Gasteiger partial charge is 0.291 e. The van der Waals surface area contributed by atoms with Crippen LogP contribution in [0.2, 0.25) is 10.0 Å². The monoisotopic (exact) mass is 436 g/mol. The van der Waals surface area contributed by atoms with E-state index < -0.39 is 0 Å². The maximum atomic E-state index is 12.8. The summed E-state index contributed by atoms with van der Waals surface area (Å²) in [6, 6.07) is 22.4. The standard InChI is InChI=1S/C23H18Cl2N4O/c1-15-19(25)8-5-9-20(15)29-22(17-10-12-18(24)13-11-17)27-21(28-29)23(30)26-14-16-6-3-2-4-7-16/h2-13H,14H2,1H3,(H,26,30). The lowest BCUT2D eigenvalue weighted by molar-refractivity contribution is 0.0940. The van der Waals surface area contributed by atoms with Gasteiger partial charge in [0.25, 0.3) is 5.91 Å². The highest BCUT2D eigenvalue weighted by atomic mass is 35.5. The third-order valence-electron chi connectivity index (χ3n) is 4.68. The highest BCUT2D eigenvalue weighted by Gasteiger charge is 2.20. The number of hydrogen-bond acceptors (Lipinski definition) is 3. The lowest BCUT2D eigenvalue weighted by atomic mass is 10.1. The number of nitrogens with zero attached hydrogens (tertiary/aromatic N) is 3. The summed E-state index contributed by atoms with van der Waals surface area (Å²) in [5.74, 6) is 0.254. The van der Waals surface area contributed by atoms with Crippen molar-refractivity contribution in [1.82, 2.24) is 20.1 Å². The number of hydrogen-bond donors (Lipinski definition) is 1. The van der Waals surface area contributed by atoms with Crippen molar-refractivity contribution in [2.45, 2.75) is 13.5 Å². The minimum atomic E-state index is -0.354. The highest BCUT2D eigenvalue weighted by Crippen LogP contribution is 2.27. The minimum Gasteiger partial charge on any atom is -0.345 e. The van der Waals surface area contributed by atoms with Gasteiger partial charge in [-0.1, -0.05) is 59.6 Å². The summed E-state index contributed by atoms with van der Waals surface area (Å²) < 4.78 is 1.64. The van der Waals surface area contributed by atoms with Gasteiger partial charge in [-0.05, 0) is 54.4 Å². The van der Waals surface area contributed by atoms with Crippen LogP contribution in [0.1, 0.15) is 21.7 Å². The normalized spacial score (nSPS) is 10.8. The molecule has 3 aromatic carbocycles. The lowest BCUT2D eigenvalue weighted by Crippen LogP contribution is -2.24. The average molecular weight is 437 g/mol. The largest absolute Gasteiger partial charge is 0.345 e. The molecule has 0 saturated carbocycles. The van der Waals surface area contributed by atoms with Gasteiger partial charge in [0.2, 0.25) is 5.82 Å². The molecule has 1 amide bonds. The number of carbonyl (C=O) groups is 1. The van der Waals surface area contributed by atoms with E-state index in [4.69, 9.17) is 23.2 Å². The molecule has 150 valence electrons. The SMILES string of the molecule is Cc1c(Cl)cccc1-n1nc(C(=O)NCc2ccccc2)nc1-c1ccc(Cl)cc1. The van der Waals surface area contributed by atoms with E-state index in [1.165, 1.54) is 0 Å². The van der Waals surface area contributed by atoms with E-state index in [1.807, 2.05) is 67.6 Å². The van der Waals surface area contributed by atoms with Crippen LogP contribution >= 0.6 is 23.2 Å². The maximum Gasteiger partial charge on any atom is 0.291 e. The predicted octanol–water partition coefficient (Wildman–Crippen LogP) is 5.48. The van der Waals surface area contributed by atoms with E-state index in [0.717, 1.165) is 22.4 Å². The van der Waals surface area contributed by atoms with Crippen molar-refractivity contribution < 1.29 is 4.79 Å². The zero-order chi connectivity index (χ0) is 21.1. The van der Waals surface area contributed by atoms with Crippen LogP contribution in [-0.2, 0) is 6.54 Å². The second kappa shape index (κ2) is 8.69. The third-order valence-corrected chi connectivity index (χ3v) is 5.34. The Morgan fingerprint density at radius 2 is 1.70 bits per heavy atom. The Labute approximate surface area is 184 Å². The Kier molecular flexibility index (Phi) is 5.84. The van der Waals surface area contributed by atoms with E-state index in [-0.39, 0.29) is 11.7 Å². The molecule has 1 heterocycles. The fourth-order valence-corrected chi connectivity index (χ4v) is 3.34.